The Balaban J connectivity index is 1.80. The highest BCUT2D eigenvalue weighted by Gasteiger charge is 2.23. The highest BCUT2D eigenvalue weighted by Crippen LogP contribution is 2.26. The van der Waals surface area contributed by atoms with Crippen molar-refractivity contribution in [1.29, 1.82) is 0 Å². The van der Waals surface area contributed by atoms with Crippen molar-refractivity contribution in [1.82, 2.24) is 14.2 Å². The summed E-state index contributed by atoms with van der Waals surface area (Å²) in [4.78, 5) is 6.88. The van der Waals surface area contributed by atoms with Gasteiger partial charge >= 0.3 is 0 Å². The molecule has 0 N–H and O–H groups in total. The van der Waals surface area contributed by atoms with E-state index < -0.39 is 11.0 Å². The number of hydrogen-bond donors (Lipinski definition) is 0. The van der Waals surface area contributed by atoms with Crippen LogP contribution in [0.4, 0.5) is 4.39 Å². The van der Waals surface area contributed by atoms with E-state index in [2.05, 4.69) is 9.88 Å². The second-order valence-electron chi connectivity index (χ2n) is 6.06. The van der Waals surface area contributed by atoms with Gasteiger partial charge in [-0.15, -0.1) is 0 Å². The molecule has 1 aromatic heterocycles. The van der Waals surface area contributed by atoms with Crippen molar-refractivity contribution < 1.29 is 8.60 Å². The molecule has 3 rings (SSSR count). The predicted molar refractivity (Wildman–Crippen MR) is 99.8 cm³/mol. The number of alkyl halides is 1. The van der Waals surface area contributed by atoms with Crippen LogP contribution in [0.2, 0.25) is 5.15 Å². The molecule has 0 bridgehead atoms. The van der Waals surface area contributed by atoms with Crippen molar-refractivity contribution >= 4 is 22.6 Å². The maximum Gasteiger partial charge on any atom is 0.129 e. The summed E-state index contributed by atoms with van der Waals surface area (Å²) in [7, 11) is -1.23. The molecule has 0 radical (unpaired) electrons. The normalized spacial score (nSPS) is 17.6. The Hall–Kier alpha value is -1.34. The Morgan fingerprint density at radius 2 is 1.88 bits per heavy atom. The highest BCUT2D eigenvalue weighted by atomic mass is 35.5. The molecular weight excluding hydrogens is 361 g/mol. The van der Waals surface area contributed by atoms with Crippen LogP contribution in [0.3, 0.4) is 0 Å². The molecular formula is C18H21ClFN3OS. The number of hydrogen-bond acceptors (Lipinski definition) is 3. The Bertz CT molecular complexity index is 766. The topological polar surface area (TPSA) is 36.4 Å². The van der Waals surface area contributed by atoms with Gasteiger partial charge in [-0.2, -0.15) is 0 Å². The average Bonchev–Trinajstić information content (AvgIpc) is 2.62. The third kappa shape index (κ3) is 4.44. The number of benzene rings is 1. The molecule has 0 saturated carbocycles. The average molecular weight is 382 g/mol. The first kappa shape index (κ1) is 18.5. The van der Waals surface area contributed by atoms with Gasteiger partial charge in [0.1, 0.15) is 22.8 Å². The van der Waals surface area contributed by atoms with E-state index >= 15 is 0 Å². The number of aromatic nitrogens is 1. The van der Waals surface area contributed by atoms with Crippen LogP contribution in [0, 0.1) is 6.92 Å². The van der Waals surface area contributed by atoms with E-state index in [1.165, 1.54) is 0 Å². The van der Waals surface area contributed by atoms with Gasteiger partial charge in [-0.05, 0) is 41.8 Å². The fraction of sp³-hybridized carbons (Fsp3) is 0.389. The van der Waals surface area contributed by atoms with E-state index in [0.29, 0.717) is 24.8 Å². The molecule has 0 aliphatic carbocycles. The Morgan fingerprint density at radius 1 is 1.16 bits per heavy atom. The van der Waals surface area contributed by atoms with E-state index in [4.69, 9.17) is 11.6 Å². The molecule has 25 heavy (non-hydrogen) atoms. The lowest BCUT2D eigenvalue weighted by Gasteiger charge is -2.33. The summed E-state index contributed by atoms with van der Waals surface area (Å²) < 4.78 is 27.5. The first-order chi connectivity index (χ1) is 12.1. The molecule has 1 fully saturated rings. The number of aryl methyl sites for hydroxylation is 1. The number of halogens is 2. The fourth-order valence-corrected chi connectivity index (χ4v) is 4.45. The summed E-state index contributed by atoms with van der Waals surface area (Å²) in [6.45, 7) is 4.93. The second-order valence-corrected chi connectivity index (χ2v) is 7.90. The lowest BCUT2D eigenvalue weighted by molar-refractivity contribution is 0.180. The number of rotatable bonds is 5. The van der Waals surface area contributed by atoms with Gasteiger partial charge in [-0.25, -0.2) is 17.9 Å². The SMILES string of the molecule is Cc1ccc(-c2ccnc(Cl)c2)cc1S(=O)N1CCN(CCF)CC1. The Kier molecular flexibility index (Phi) is 6.17. The molecule has 0 spiro atoms. The second kappa shape index (κ2) is 8.36. The molecule has 7 heteroatoms. The lowest BCUT2D eigenvalue weighted by Crippen LogP contribution is -2.47. The van der Waals surface area contributed by atoms with Crippen LogP contribution in [-0.4, -0.2) is 57.8 Å². The molecule has 1 saturated heterocycles. The number of pyridine rings is 1. The van der Waals surface area contributed by atoms with Crippen molar-refractivity contribution in [3.63, 3.8) is 0 Å². The monoisotopic (exact) mass is 381 g/mol. The van der Waals surface area contributed by atoms with Crippen LogP contribution in [-0.2, 0) is 11.0 Å². The van der Waals surface area contributed by atoms with Gasteiger partial charge in [0.25, 0.3) is 0 Å². The summed E-state index contributed by atoms with van der Waals surface area (Å²) in [5.41, 5.74) is 2.91. The molecule has 0 amide bonds. The minimum atomic E-state index is -1.23. The van der Waals surface area contributed by atoms with Crippen molar-refractivity contribution in [2.75, 3.05) is 39.4 Å². The van der Waals surface area contributed by atoms with Gasteiger partial charge in [0, 0.05) is 38.9 Å². The van der Waals surface area contributed by atoms with E-state index in [1.54, 1.807) is 12.3 Å². The Labute approximate surface area is 155 Å². The van der Waals surface area contributed by atoms with Crippen LogP contribution in [0.25, 0.3) is 11.1 Å². The zero-order valence-corrected chi connectivity index (χ0v) is 15.7. The van der Waals surface area contributed by atoms with Gasteiger partial charge in [-0.3, -0.25) is 4.90 Å². The zero-order valence-electron chi connectivity index (χ0n) is 14.1. The molecule has 4 nitrogen and oxygen atoms in total. The summed E-state index contributed by atoms with van der Waals surface area (Å²) >= 11 is 5.98. The molecule has 1 aromatic carbocycles. The van der Waals surface area contributed by atoms with Crippen LogP contribution < -0.4 is 0 Å². The molecule has 2 aromatic rings. The molecule has 2 heterocycles. The van der Waals surface area contributed by atoms with Crippen molar-refractivity contribution in [3.8, 4) is 11.1 Å². The highest BCUT2D eigenvalue weighted by molar-refractivity contribution is 7.82. The van der Waals surface area contributed by atoms with Crippen LogP contribution in [0.1, 0.15) is 5.56 Å². The Morgan fingerprint density at radius 3 is 2.56 bits per heavy atom. The molecule has 1 aliphatic rings. The van der Waals surface area contributed by atoms with Crippen molar-refractivity contribution in [3.05, 3.63) is 47.2 Å². The van der Waals surface area contributed by atoms with E-state index in [-0.39, 0.29) is 6.67 Å². The number of nitrogens with zero attached hydrogens (tertiary/aromatic N) is 3. The number of piperazine rings is 1. The smallest absolute Gasteiger partial charge is 0.129 e. The maximum absolute atomic E-state index is 13.0. The van der Waals surface area contributed by atoms with Gasteiger partial charge in [0.05, 0.1) is 4.90 Å². The van der Waals surface area contributed by atoms with Crippen LogP contribution >= 0.6 is 11.6 Å². The summed E-state index contributed by atoms with van der Waals surface area (Å²) in [5.74, 6) is 0. The molecule has 134 valence electrons. The minimum Gasteiger partial charge on any atom is -0.298 e. The summed E-state index contributed by atoms with van der Waals surface area (Å²) in [5, 5.41) is 0.435. The maximum atomic E-state index is 13.0. The minimum absolute atomic E-state index is 0.335. The van der Waals surface area contributed by atoms with E-state index in [0.717, 1.165) is 34.7 Å². The molecule has 1 unspecified atom stereocenters. The molecule has 1 aliphatic heterocycles. The largest absolute Gasteiger partial charge is 0.298 e. The lowest BCUT2D eigenvalue weighted by atomic mass is 10.1. The first-order valence-electron chi connectivity index (χ1n) is 8.26. The fourth-order valence-electron chi connectivity index (χ4n) is 2.93. The van der Waals surface area contributed by atoms with Gasteiger partial charge < -0.3 is 0 Å². The van der Waals surface area contributed by atoms with Gasteiger partial charge in [0.15, 0.2) is 0 Å². The first-order valence-corrected chi connectivity index (χ1v) is 9.74. The zero-order chi connectivity index (χ0) is 17.8. The van der Waals surface area contributed by atoms with Crippen molar-refractivity contribution in [2.24, 2.45) is 0 Å². The van der Waals surface area contributed by atoms with Crippen molar-refractivity contribution in [2.45, 2.75) is 11.8 Å². The third-order valence-corrected chi connectivity index (χ3v) is 6.26. The van der Waals surface area contributed by atoms with Gasteiger partial charge in [0.2, 0.25) is 0 Å². The summed E-state index contributed by atoms with van der Waals surface area (Å²) in [6, 6.07) is 9.63. The van der Waals surface area contributed by atoms with Crippen LogP contribution in [0.5, 0.6) is 0 Å². The van der Waals surface area contributed by atoms with Gasteiger partial charge in [-0.1, -0.05) is 23.7 Å². The quantitative estimate of drug-likeness (QED) is 0.745. The van der Waals surface area contributed by atoms with Crippen LogP contribution in [0.15, 0.2) is 41.4 Å². The molecule has 1 atom stereocenters. The predicted octanol–water partition coefficient (Wildman–Crippen LogP) is 3.32. The van der Waals surface area contributed by atoms with E-state index in [9.17, 15) is 8.60 Å². The summed E-state index contributed by atoms with van der Waals surface area (Å²) in [6.07, 6.45) is 1.66. The third-order valence-electron chi connectivity index (χ3n) is 4.40. The standard InChI is InChI=1S/C18H21ClFN3OS/c1-14-2-3-15(16-4-6-21-18(19)13-16)12-17(14)25(24)23-10-8-22(7-5-20)9-11-23/h2-4,6,12-13H,5,7-11H2,1H3. The van der Waals surface area contributed by atoms with E-state index in [1.807, 2.05) is 35.5 Å².